The van der Waals surface area contributed by atoms with Crippen LogP contribution in [0.15, 0.2) is 0 Å². The van der Waals surface area contributed by atoms with Gasteiger partial charge in [-0.15, -0.1) is 0 Å². The molecule has 0 aromatic heterocycles. The van der Waals surface area contributed by atoms with E-state index in [1.165, 1.54) is 19.3 Å². The molecule has 0 aliphatic heterocycles. The van der Waals surface area contributed by atoms with Crippen molar-refractivity contribution in [3.63, 3.8) is 0 Å². The number of amides is 1. The molecule has 0 heterocycles. The number of primary amides is 1. The lowest BCUT2D eigenvalue weighted by Gasteiger charge is -2.28. The number of aliphatic hydroxyl groups excluding tert-OH is 1. The van der Waals surface area contributed by atoms with Gasteiger partial charge in [-0.1, -0.05) is 13.3 Å². The second-order valence-electron chi connectivity index (χ2n) is 4.45. The van der Waals surface area contributed by atoms with Crippen molar-refractivity contribution in [2.75, 3.05) is 6.54 Å². The van der Waals surface area contributed by atoms with E-state index in [0.29, 0.717) is 6.04 Å². The number of carbonyl (C=O) groups excluding carboxylic acids is 1. The Morgan fingerprint density at radius 3 is 2.53 bits per heavy atom. The van der Waals surface area contributed by atoms with Gasteiger partial charge >= 0.3 is 0 Å². The van der Waals surface area contributed by atoms with E-state index in [-0.39, 0.29) is 6.54 Å². The third kappa shape index (κ3) is 4.18. The topological polar surface area (TPSA) is 75.3 Å². The minimum atomic E-state index is -1.05. The maximum absolute atomic E-state index is 10.6. The standard InChI is InChI=1S/C11H22N2O2/c1-2-8-3-5-9(6-4-8)13-7-10(14)11(12)15/h8-10,13-14H,2-7H2,1H3,(H2,12,15). The molecule has 1 amide bonds. The lowest BCUT2D eigenvalue weighted by Crippen LogP contribution is -2.42. The fraction of sp³-hybridized carbons (Fsp3) is 0.909. The van der Waals surface area contributed by atoms with Gasteiger partial charge in [-0.3, -0.25) is 4.79 Å². The SMILES string of the molecule is CCC1CCC(NCC(O)C(N)=O)CC1. The highest BCUT2D eigenvalue weighted by Gasteiger charge is 2.20. The van der Waals surface area contributed by atoms with Crippen molar-refractivity contribution in [1.82, 2.24) is 5.32 Å². The molecule has 1 aliphatic carbocycles. The Kier molecular flexibility index (Phi) is 5.05. The van der Waals surface area contributed by atoms with E-state index in [2.05, 4.69) is 12.2 Å². The molecule has 1 saturated carbocycles. The van der Waals surface area contributed by atoms with Crippen LogP contribution in [-0.2, 0) is 4.79 Å². The zero-order valence-corrected chi connectivity index (χ0v) is 9.41. The Morgan fingerprint density at radius 2 is 2.07 bits per heavy atom. The number of hydrogen-bond acceptors (Lipinski definition) is 3. The van der Waals surface area contributed by atoms with Gasteiger partial charge in [-0.05, 0) is 31.6 Å². The monoisotopic (exact) mass is 214 g/mol. The van der Waals surface area contributed by atoms with E-state index in [4.69, 9.17) is 5.73 Å². The van der Waals surface area contributed by atoms with Crippen LogP contribution >= 0.6 is 0 Å². The first-order valence-electron chi connectivity index (χ1n) is 5.84. The molecule has 1 rings (SSSR count). The molecule has 0 spiro atoms. The lowest BCUT2D eigenvalue weighted by molar-refractivity contribution is -0.125. The summed E-state index contributed by atoms with van der Waals surface area (Å²) >= 11 is 0. The third-order valence-electron chi connectivity index (χ3n) is 3.35. The first-order chi connectivity index (χ1) is 7.13. The van der Waals surface area contributed by atoms with Crippen LogP contribution in [0.2, 0.25) is 0 Å². The maximum atomic E-state index is 10.6. The number of hydrogen-bond donors (Lipinski definition) is 3. The highest BCUT2D eigenvalue weighted by atomic mass is 16.3. The summed E-state index contributed by atoms with van der Waals surface area (Å²) in [5.74, 6) is 0.217. The Labute approximate surface area is 91.2 Å². The second kappa shape index (κ2) is 6.08. The van der Waals surface area contributed by atoms with Gasteiger partial charge < -0.3 is 16.2 Å². The largest absolute Gasteiger partial charge is 0.382 e. The van der Waals surface area contributed by atoms with Crippen LogP contribution in [0.25, 0.3) is 0 Å². The van der Waals surface area contributed by atoms with E-state index in [1.807, 2.05) is 0 Å². The van der Waals surface area contributed by atoms with Crippen molar-refractivity contribution in [3.05, 3.63) is 0 Å². The summed E-state index contributed by atoms with van der Waals surface area (Å²) in [4.78, 5) is 10.6. The van der Waals surface area contributed by atoms with Crippen molar-refractivity contribution < 1.29 is 9.90 Å². The van der Waals surface area contributed by atoms with Crippen molar-refractivity contribution >= 4 is 5.91 Å². The summed E-state index contributed by atoms with van der Waals surface area (Å²) in [6, 6.07) is 0.446. The number of aliphatic hydroxyl groups is 1. The van der Waals surface area contributed by atoms with Crippen LogP contribution in [-0.4, -0.2) is 29.7 Å². The van der Waals surface area contributed by atoms with Gasteiger partial charge in [-0.2, -0.15) is 0 Å². The van der Waals surface area contributed by atoms with Gasteiger partial charge in [0, 0.05) is 12.6 Å². The van der Waals surface area contributed by atoms with Gasteiger partial charge in [0.2, 0.25) is 5.91 Å². The number of nitrogens with two attached hydrogens (primary N) is 1. The molecule has 0 aromatic carbocycles. The first kappa shape index (κ1) is 12.5. The number of nitrogens with one attached hydrogen (secondary N) is 1. The molecule has 0 bridgehead atoms. The molecular formula is C11H22N2O2. The van der Waals surface area contributed by atoms with E-state index in [0.717, 1.165) is 18.8 Å². The zero-order chi connectivity index (χ0) is 11.3. The van der Waals surface area contributed by atoms with Gasteiger partial charge in [0.05, 0.1) is 0 Å². The van der Waals surface area contributed by atoms with Gasteiger partial charge in [0.25, 0.3) is 0 Å². The molecule has 4 nitrogen and oxygen atoms in total. The molecule has 4 N–H and O–H groups in total. The fourth-order valence-corrected chi connectivity index (χ4v) is 2.15. The quantitative estimate of drug-likeness (QED) is 0.619. The average molecular weight is 214 g/mol. The van der Waals surface area contributed by atoms with E-state index in [1.54, 1.807) is 0 Å². The normalized spacial score (nSPS) is 28.7. The summed E-state index contributed by atoms with van der Waals surface area (Å²) in [5.41, 5.74) is 4.97. The molecular weight excluding hydrogens is 192 g/mol. The van der Waals surface area contributed by atoms with Crippen molar-refractivity contribution in [1.29, 1.82) is 0 Å². The average Bonchev–Trinajstić information content (AvgIpc) is 2.26. The van der Waals surface area contributed by atoms with Crippen LogP contribution in [0.4, 0.5) is 0 Å². The highest BCUT2D eigenvalue weighted by molar-refractivity contribution is 5.78. The molecule has 1 atom stereocenters. The van der Waals surface area contributed by atoms with Crippen LogP contribution in [0.3, 0.4) is 0 Å². The molecule has 0 aromatic rings. The number of carbonyl (C=O) groups is 1. The second-order valence-corrected chi connectivity index (χ2v) is 4.45. The Morgan fingerprint density at radius 1 is 1.47 bits per heavy atom. The highest BCUT2D eigenvalue weighted by Crippen LogP contribution is 2.26. The molecule has 0 radical (unpaired) electrons. The van der Waals surface area contributed by atoms with Gasteiger partial charge in [0.15, 0.2) is 0 Å². The molecule has 15 heavy (non-hydrogen) atoms. The summed E-state index contributed by atoms with van der Waals surface area (Å²) in [6.07, 6.45) is 5.00. The molecule has 4 heteroatoms. The molecule has 0 saturated heterocycles. The van der Waals surface area contributed by atoms with Crippen LogP contribution in [0, 0.1) is 5.92 Å². The maximum Gasteiger partial charge on any atom is 0.247 e. The Balaban J connectivity index is 2.16. The summed E-state index contributed by atoms with van der Waals surface area (Å²) in [5, 5.41) is 12.4. The van der Waals surface area contributed by atoms with Crippen LogP contribution in [0.1, 0.15) is 39.0 Å². The first-order valence-corrected chi connectivity index (χ1v) is 5.84. The van der Waals surface area contributed by atoms with Crippen molar-refractivity contribution in [3.8, 4) is 0 Å². The molecule has 1 fully saturated rings. The van der Waals surface area contributed by atoms with Gasteiger partial charge in [0.1, 0.15) is 6.10 Å². The summed E-state index contributed by atoms with van der Waals surface area (Å²) in [7, 11) is 0. The molecule has 1 aliphatic rings. The minimum Gasteiger partial charge on any atom is -0.382 e. The number of rotatable bonds is 5. The summed E-state index contributed by atoms with van der Waals surface area (Å²) < 4.78 is 0. The minimum absolute atomic E-state index is 0.288. The van der Waals surface area contributed by atoms with Crippen molar-refractivity contribution in [2.45, 2.75) is 51.2 Å². The lowest BCUT2D eigenvalue weighted by atomic mass is 9.84. The molecule has 88 valence electrons. The predicted molar refractivity (Wildman–Crippen MR) is 59.2 cm³/mol. The van der Waals surface area contributed by atoms with Crippen LogP contribution < -0.4 is 11.1 Å². The zero-order valence-electron chi connectivity index (χ0n) is 9.41. The smallest absolute Gasteiger partial charge is 0.247 e. The third-order valence-corrected chi connectivity index (χ3v) is 3.35. The van der Waals surface area contributed by atoms with Crippen molar-refractivity contribution in [2.24, 2.45) is 11.7 Å². The molecule has 1 unspecified atom stereocenters. The van der Waals surface area contributed by atoms with E-state index >= 15 is 0 Å². The fourth-order valence-electron chi connectivity index (χ4n) is 2.15. The van der Waals surface area contributed by atoms with Crippen LogP contribution in [0.5, 0.6) is 0 Å². The van der Waals surface area contributed by atoms with Gasteiger partial charge in [-0.25, -0.2) is 0 Å². The van der Waals surface area contributed by atoms with E-state index < -0.39 is 12.0 Å². The Hall–Kier alpha value is -0.610. The predicted octanol–water partition coefficient (Wildman–Crippen LogP) is 0.391. The summed E-state index contributed by atoms with van der Waals surface area (Å²) in [6.45, 7) is 2.52. The Bertz CT molecular complexity index is 201. The van der Waals surface area contributed by atoms with E-state index in [9.17, 15) is 9.90 Å².